The summed E-state index contributed by atoms with van der Waals surface area (Å²) in [6, 6.07) is 11.3. The van der Waals surface area contributed by atoms with Gasteiger partial charge in [0.15, 0.2) is 0 Å². The van der Waals surface area contributed by atoms with E-state index in [1.807, 2.05) is 7.05 Å². The van der Waals surface area contributed by atoms with Gasteiger partial charge in [0, 0.05) is 17.8 Å². The summed E-state index contributed by atoms with van der Waals surface area (Å²) in [5.41, 5.74) is 2.95. The monoisotopic (exact) mass is 270 g/mol. The summed E-state index contributed by atoms with van der Waals surface area (Å²) in [6.07, 6.45) is 8.10. The predicted molar refractivity (Wildman–Crippen MR) is 86.1 cm³/mol. The van der Waals surface area contributed by atoms with Crippen LogP contribution in [0.5, 0.6) is 0 Å². The van der Waals surface area contributed by atoms with Gasteiger partial charge in [-0.05, 0) is 62.7 Å². The van der Waals surface area contributed by atoms with Crippen LogP contribution in [0, 0.1) is 5.92 Å². The quantitative estimate of drug-likeness (QED) is 0.786. The molecule has 1 heterocycles. The van der Waals surface area contributed by atoms with Crippen LogP contribution in [-0.2, 0) is 13.0 Å². The van der Waals surface area contributed by atoms with Gasteiger partial charge in [-0.25, -0.2) is 0 Å². The molecule has 1 aliphatic carbocycles. The maximum Gasteiger partial charge on any atom is 0.0482 e. The topological polar surface area (TPSA) is 17.0 Å². The molecule has 2 nitrogen and oxygen atoms in total. The lowest BCUT2D eigenvalue weighted by Gasteiger charge is -2.15. The number of nitrogens with one attached hydrogen (secondary N) is 1. The second-order valence-electron chi connectivity index (χ2n) is 6.16. The van der Waals surface area contributed by atoms with Crippen molar-refractivity contribution in [3.8, 4) is 0 Å². The minimum atomic E-state index is 0.897. The van der Waals surface area contributed by atoms with Crippen LogP contribution in [0.4, 0.5) is 0 Å². The van der Waals surface area contributed by atoms with E-state index < -0.39 is 0 Å². The number of hydrogen-bond donors (Lipinski definition) is 1. The van der Waals surface area contributed by atoms with Crippen molar-refractivity contribution in [1.82, 2.24) is 9.88 Å². The summed E-state index contributed by atoms with van der Waals surface area (Å²) in [6.45, 7) is 2.33. The Morgan fingerprint density at radius 2 is 2.00 bits per heavy atom. The lowest BCUT2D eigenvalue weighted by atomic mass is 10.1. The van der Waals surface area contributed by atoms with E-state index in [0.29, 0.717) is 0 Å². The van der Waals surface area contributed by atoms with Crippen molar-refractivity contribution in [1.29, 1.82) is 0 Å². The molecule has 108 valence electrons. The minimum Gasteiger partial charge on any atom is -0.344 e. The SMILES string of the molecule is CNCCCc1cc2ccccc2n1CC1CCCC1. The van der Waals surface area contributed by atoms with Crippen molar-refractivity contribution >= 4 is 10.9 Å². The number of hydrogen-bond acceptors (Lipinski definition) is 1. The second-order valence-corrected chi connectivity index (χ2v) is 6.16. The smallest absolute Gasteiger partial charge is 0.0482 e. The summed E-state index contributed by atoms with van der Waals surface area (Å²) in [7, 11) is 2.04. The van der Waals surface area contributed by atoms with Gasteiger partial charge in [0.05, 0.1) is 0 Å². The first-order valence-electron chi connectivity index (χ1n) is 8.10. The third-order valence-corrected chi connectivity index (χ3v) is 4.67. The molecule has 1 N–H and O–H groups in total. The summed E-state index contributed by atoms with van der Waals surface area (Å²) in [4.78, 5) is 0. The van der Waals surface area contributed by atoms with E-state index in [2.05, 4.69) is 40.2 Å². The van der Waals surface area contributed by atoms with Gasteiger partial charge >= 0.3 is 0 Å². The number of para-hydroxylation sites is 1. The number of benzene rings is 1. The summed E-state index contributed by atoms with van der Waals surface area (Å²) >= 11 is 0. The highest BCUT2D eigenvalue weighted by molar-refractivity contribution is 5.81. The van der Waals surface area contributed by atoms with Gasteiger partial charge < -0.3 is 9.88 Å². The number of rotatable bonds is 6. The van der Waals surface area contributed by atoms with Crippen molar-refractivity contribution in [2.75, 3.05) is 13.6 Å². The van der Waals surface area contributed by atoms with Crippen LogP contribution in [0.25, 0.3) is 10.9 Å². The zero-order valence-corrected chi connectivity index (χ0v) is 12.6. The fourth-order valence-electron chi connectivity index (χ4n) is 3.59. The Balaban J connectivity index is 1.86. The third kappa shape index (κ3) is 2.90. The normalized spacial score (nSPS) is 16.2. The number of aryl methyl sites for hydroxylation is 1. The Hall–Kier alpha value is -1.28. The van der Waals surface area contributed by atoms with Gasteiger partial charge in [-0.2, -0.15) is 0 Å². The van der Waals surface area contributed by atoms with Crippen LogP contribution >= 0.6 is 0 Å². The lowest BCUT2D eigenvalue weighted by molar-refractivity contribution is 0.456. The van der Waals surface area contributed by atoms with Crippen molar-refractivity contribution in [2.45, 2.75) is 45.1 Å². The molecular formula is C18H26N2. The molecule has 1 aromatic heterocycles. The molecule has 0 amide bonds. The molecule has 0 unspecified atom stereocenters. The molecular weight excluding hydrogens is 244 g/mol. The summed E-state index contributed by atoms with van der Waals surface area (Å²) in [5, 5.41) is 4.66. The first-order valence-corrected chi connectivity index (χ1v) is 8.10. The Bertz CT molecular complexity index is 550. The highest BCUT2D eigenvalue weighted by Crippen LogP contribution is 2.29. The molecule has 1 aliphatic rings. The van der Waals surface area contributed by atoms with Gasteiger partial charge in [0.2, 0.25) is 0 Å². The number of nitrogens with zero attached hydrogens (tertiary/aromatic N) is 1. The molecule has 20 heavy (non-hydrogen) atoms. The van der Waals surface area contributed by atoms with Crippen LogP contribution in [0.1, 0.15) is 37.8 Å². The zero-order chi connectivity index (χ0) is 13.8. The van der Waals surface area contributed by atoms with E-state index >= 15 is 0 Å². The highest BCUT2D eigenvalue weighted by atomic mass is 15.0. The summed E-state index contributed by atoms with van der Waals surface area (Å²) in [5.74, 6) is 0.897. The molecule has 1 saturated carbocycles. The van der Waals surface area contributed by atoms with Crippen molar-refractivity contribution in [3.05, 3.63) is 36.0 Å². The van der Waals surface area contributed by atoms with Gasteiger partial charge in [-0.15, -0.1) is 0 Å². The van der Waals surface area contributed by atoms with Gasteiger partial charge in [-0.3, -0.25) is 0 Å². The van der Waals surface area contributed by atoms with Gasteiger partial charge in [0.1, 0.15) is 0 Å². The predicted octanol–water partition coefficient (Wildman–Crippen LogP) is 3.98. The van der Waals surface area contributed by atoms with E-state index in [4.69, 9.17) is 0 Å². The third-order valence-electron chi connectivity index (χ3n) is 4.67. The minimum absolute atomic E-state index is 0.897. The van der Waals surface area contributed by atoms with Crippen LogP contribution in [0.15, 0.2) is 30.3 Å². The Morgan fingerprint density at radius 1 is 1.20 bits per heavy atom. The van der Waals surface area contributed by atoms with E-state index in [1.54, 1.807) is 0 Å². The van der Waals surface area contributed by atoms with Crippen molar-refractivity contribution < 1.29 is 0 Å². The maximum absolute atomic E-state index is 3.26. The van der Waals surface area contributed by atoms with Gasteiger partial charge in [-0.1, -0.05) is 31.0 Å². The molecule has 0 bridgehead atoms. The largest absolute Gasteiger partial charge is 0.344 e. The number of fused-ring (bicyclic) bond motifs is 1. The van der Waals surface area contributed by atoms with Crippen molar-refractivity contribution in [3.63, 3.8) is 0 Å². The molecule has 1 fully saturated rings. The van der Waals surface area contributed by atoms with Gasteiger partial charge in [0.25, 0.3) is 0 Å². The fraction of sp³-hybridized carbons (Fsp3) is 0.556. The van der Waals surface area contributed by atoms with E-state index in [1.165, 1.54) is 61.7 Å². The molecule has 0 spiro atoms. The molecule has 2 heteroatoms. The molecule has 1 aromatic carbocycles. The Labute approximate surface area is 122 Å². The van der Waals surface area contributed by atoms with Crippen LogP contribution in [-0.4, -0.2) is 18.2 Å². The summed E-state index contributed by atoms with van der Waals surface area (Å²) < 4.78 is 2.60. The average Bonchev–Trinajstić information content (AvgIpc) is 3.09. The van der Waals surface area contributed by atoms with E-state index in [0.717, 1.165) is 12.5 Å². The first-order chi connectivity index (χ1) is 9.88. The molecule has 0 atom stereocenters. The maximum atomic E-state index is 3.26. The molecule has 0 saturated heterocycles. The zero-order valence-electron chi connectivity index (χ0n) is 12.6. The molecule has 3 rings (SSSR count). The molecule has 0 aliphatic heterocycles. The average molecular weight is 270 g/mol. The van der Waals surface area contributed by atoms with Crippen LogP contribution in [0.3, 0.4) is 0 Å². The van der Waals surface area contributed by atoms with Crippen LogP contribution < -0.4 is 5.32 Å². The van der Waals surface area contributed by atoms with Crippen LogP contribution in [0.2, 0.25) is 0 Å². The molecule has 0 radical (unpaired) electrons. The first kappa shape index (κ1) is 13.7. The highest BCUT2D eigenvalue weighted by Gasteiger charge is 2.18. The molecule has 2 aromatic rings. The Morgan fingerprint density at radius 3 is 2.80 bits per heavy atom. The fourth-order valence-corrected chi connectivity index (χ4v) is 3.59. The standard InChI is InChI=1S/C18H26N2/c1-19-12-6-10-17-13-16-9-4-5-11-18(16)20(17)14-15-7-2-3-8-15/h4-5,9,11,13,15,19H,2-3,6-8,10,12,14H2,1H3. The number of aromatic nitrogens is 1. The Kier molecular flexibility index (Phi) is 4.41. The van der Waals surface area contributed by atoms with Crippen molar-refractivity contribution in [2.24, 2.45) is 5.92 Å². The van der Waals surface area contributed by atoms with E-state index in [-0.39, 0.29) is 0 Å². The lowest BCUT2D eigenvalue weighted by Crippen LogP contribution is -2.13. The second kappa shape index (κ2) is 6.45. The van der Waals surface area contributed by atoms with E-state index in [9.17, 15) is 0 Å².